The lowest BCUT2D eigenvalue weighted by atomic mass is 10.1. The Bertz CT molecular complexity index is 378. The van der Waals surface area contributed by atoms with E-state index in [1.165, 1.54) is 0 Å². The summed E-state index contributed by atoms with van der Waals surface area (Å²) >= 11 is 0. The largest absolute Gasteiger partial charge is 0.383 e. The molecule has 1 atom stereocenters. The maximum absolute atomic E-state index is 5.94. The molecule has 0 bridgehead atoms. The quantitative estimate of drug-likeness (QED) is 0.828. The maximum Gasteiger partial charge on any atom is 0.137 e. The Balaban J connectivity index is 3.05. The number of rotatable bonds is 6. The Morgan fingerprint density at radius 1 is 1.28 bits per heavy atom. The summed E-state index contributed by atoms with van der Waals surface area (Å²) in [7, 11) is 4.17. The van der Waals surface area contributed by atoms with E-state index in [-0.39, 0.29) is 0 Å². The van der Waals surface area contributed by atoms with Crippen molar-refractivity contribution in [3.05, 3.63) is 11.9 Å². The van der Waals surface area contributed by atoms with Crippen molar-refractivity contribution in [2.24, 2.45) is 0 Å². The zero-order chi connectivity index (χ0) is 13.7. The number of hydrogen-bond donors (Lipinski definition) is 1. The van der Waals surface area contributed by atoms with Gasteiger partial charge in [0.05, 0.1) is 0 Å². The molecule has 102 valence electrons. The van der Waals surface area contributed by atoms with Crippen molar-refractivity contribution >= 4 is 11.6 Å². The minimum absolute atomic E-state index is 0.393. The third-order valence-corrected chi connectivity index (χ3v) is 3.08. The first kappa shape index (κ1) is 14.7. The molecule has 5 heteroatoms. The van der Waals surface area contributed by atoms with E-state index in [0.717, 1.165) is 30.9 Å². The van der Waals surface area contributed by atoms with Gasteiger partial charge in [-0.3, -0.25) is 0 Å². The molecule has 0 saturated heterocycles. The van der Waals surface area contributed by atoms with E-state index >= 15 is 0 Å². The standard InChI is InChI=1S/C13H25N5/c1-6-11-12(14)15-9-16-13(11)18(7-2)10(3)8-17(4)5/h9-10H,6-8H2,1-5H3,(H2,14,15,16). The summed E-state index contributed by atoms with van der Waals surface area (Å²) in [5, 5.41) is 0. The second-order valence-corrected chi connectivity index (χ2v) is 4.81. The van der Waals surface area contributed by atoms with Crippen LogP contribution in [0.4, 0.5) is 11.6 Å². The van der Waals surface area contributed by atoms with Gasteiger partial charge in [-0.05, 0) is 34.4 Å². The minimum atomic E-state index is 0.393. The summed E-state index contributed by atoms with van der Waals surface area (Å²) in [6.45, 7) is 8.34. The average molecular weight is 251 g/mol. The molecule has 5 nitrogen and oxygen atoms in total. The van der Waals surface area contributed by atoms with E-state index in [1.807, 2.05) is 0 Å². The molecule has 0 aromatic carbocycles. The molecular weight excluding hydrogens is 226 g/mol. The fourth-order valence-electron chi connectivity index (χ4n) is 2.30. The van der Waals surface area contributed by atoms with Crippen LogP contribution in [0, 0.1) is 0 Å². The third-order valence-electron chi connectivity index (χ3n) is 3.08. The molecule has 0 radical (unpaired) electrons. The number of hydrogen-bond acceptors (Lipinski definition) is 5. The van der Waals surface area contributed by atoms with Crippen molar-refractivity contribution in [3.8, 4) is 0 Å². The Morgan fingerprint density at radius 2 is 1.94 bits per heavy atom. The lowest BCUT2D eigenvalue weighted by Crippen LogP contribution is -2.41. The lowest BCUT2D eigenvalue weighted by molar-refractivity contribution is 0.372. The fourth-order valence-corrected chi connectivity index (χ4v) is 2.30. The third kappa shape index (κ3) is 3.32. The second kappa shape index (κ2) is 6.54. The zero-order valence-electron chi connectivity index (χ0n) is 12.1. The van der Waals surface area contributed by atoms with Gasteiger partial charge in [-0.15, -0.1) is 0 Å². The number of nitrogens with zero attached hydrogens (tertiary/aromatic N) is 4. The highest BCUT2D eigenvalue weighted by Gasteiger charge is 2.19. The SMILES string of the molecule is CCc1c(N)ncnc1N(CC)C(C)CN(C)C. The highest BCUT2D eigenvalue weighted by molar-refractivity contribution is 5.57. The zero-order valence-corrected chi connectivity index (χ0v) is 12.1. The summed E-state index contributed by atoms with van der Waals surface area (Å²) in [6, 6.07) is 0.393. The van der Waals surface area contributed by atoms with Crippen LogP contribution in [0.1, 0.15) is 26.3 Å². The Morgan fingerprint density at radius 3 is 2.44 bits per heavy atom. The molecule has 1 aromatic heterocycles. The van der Waals surface area contributed by atoms with E-state index in [9.17, 15) is 0 Å². The van der Waals surface area contributed by atoms with Crippen LogP contribution in [-0.4, -0.2) is 48.1 Å². The normalized spacial score (nSPS) is 12.8. The van der Waals surface area contributed by atoms with Crippen LogP contribution in [0.5, 0.6) is 0 Å². The highest BCUT2D eigenvalue weighted by Crippen LogP contribution is 2.23. The van der Waals surface area contributed by atoms with Crippen LogP contribution in [0.25, 0.3) is 0 Å². The van der Waals surface area contributed by atoms with Gasteiger partial charge in [0.25, 0.3) is 0 Å². The molecule has 1 rings (SSSR count). The molecule has 18 heavy (non-hydrogen) atoms. The summed E-state index contributed by atoms with van der Waals surface area (Å²) in [6.07, 6.45) is 2.40. The van der Waals surface area contributed by atoms with Crippen LogP contribution in [0.3, 0.4) is 0 Å². The second-order valence-electron chi connectivity index (χ2n) is 4.81. The van der Waals surface area contributed by atoms with Gasteiger partial charge in [0.15, 0.2) is 0 Å². The first-order valence-electron chi connectivity index (χ1n) is 6.51. The highest BCUT2D eigenvalue weighted by atomic mass is 15.2. The van der Waals surface area contributed by atoms with E-state index in [4.69, 9.17) is 5.73 Å². The lowest BCUT2D eigenvalue weighted by Gasteiger charge is -2.32. The van der Waals surface area contributed by atoms with Gasteiger partial charge in [0.2, 0.25) is 0 Å². The molecule has 1 heterocycles. The van der Waals surface area contributed by atoms with Crippen LogP contribution < -0.4 is 10.6 Å². The van der Waals surface area contributed by atoms with Crippen molar-refractivity contribution in [1.82, 2.24) is 14.9 Å². The van der Waals surface area contributed by atoms with Gasteiger partial charge in [0, 0.05) is 24.7 Å². The van der Waals surface area contributed by atoms with Crippen LogP contribution in [-0.2, 0) is 6.42 Å². The van der Waals surface area contributed by atoms with E-state index in [0.29, 0.717) is 11.9 Å². The molecule has 0 aliphatic heterocycles. The van der Waals surface area contributed by atoms with Gasteiger partial charge >= 0.3 is 0 Å². The summed E-state index contributed by atoms with van der Waals surface area (Å²) in [5.74, 6) is 1.57. The van der Waals surface area contributed by atoms with Crippen LogP contribution in [0.15, 0.2) is 6.33 Å². The van der Waals surface area contributed by atoms with Gasteiger partial charge in [-0.25, -0.2) is 9.97 Å². The predicted octanol–water partition coefficient (Wildman–Crippen LogP) is 1.40. The molecule has 1 aromatic rings. The molecule has 0 spiro atoms. The number of nitrogen functional groups attached to an aromatic ring is 1. The molecule has 0 saturated carbocycles. The molecule has 1 unspecified atom stereocenters. The molecule has 2 N–H and O–H groups in total. The summed E-state index contributed by atoms with van der Waals surface area (Å²) < 4.78 is 0. The fraction of sp³-hybridized carbons (Fsp3) is 0.692. The van der Waals surface area contributed by atoms with E-state index in [2.05, 4.69) is 54.6 Å². The number of aromatic nitrogens is 2. The van der Waals surface area contributed by atoms with Crippen molar-refractivity contribution in [1.29, 1.82) is 0 Å². The Kier molecular flexibility index (Phi) is 5.34. The van der Waals surface area contributed by atoms with E-state index in [1.54, 1.807) is 6.33 Å². The van der Waals surface area contributed by atoms with Crippen LogP contribution in [0.2, 0.25) is 0 Å². The molecule has 0 aliphatic rings. The van der Waals surface area contributed by atoms with Gasteiger partial charge in [-0.2, -0.15) is 0 Å². The van der Waals surface area contributed by atoms with Gasteiger partial charge < -0.3 is 15.5 Å². The van der Waals surface area contributed by atoms with Crippen LogP contribution >= 0.6 is 0 Å². The maximum atomic E-state index is 5.94. The monoisotopic (exact) mass is 251 g/mol. The van der Waals surface area contributed by atoms with Gasteiger partial charge in [-0.1, -0.05) is 6.92 Å². The number of anilines is 2. The first-order chi connectivity index (χ1) is 8.51. The summed E-state index contributed by atoms with van der Waals surface area (Å²) in [4.78, 5) is 13.0. The minimum Gasteiger partial charge on any atom is -0.383 e. The Hall–Kier alpha value is -1.36. The van der Waals surface area contributed by atoms with E-state index < -0.39 is 0 Å². The number of nitrogens with two attached hydrogens (primary N) is 1. The summed E-state index contributed by atoms with van der Waals surface area (Å²) in [5.41, 5.74) is 6.98. The molecule has 0 aliphatic carbocycles. The van der Waals surface area contributed by atoms with Crippen molar-refractivity contribution in [2.75, 3.05) is 37.8 Å². The molecule has 0 fully saturated rings. The van der Waals surface area contributed by atoms with Crippen molar-refractivity contribution in [2.45, 2.75) is 33.2 Å². The first-order valence-corrected chi connectivity index (χ1v) is 6.51. The average Bonchev–Trinajstić information content (AvgIpc) is 2.29. The predicted molar refractivity (Wildman–Crippen MR) is 76.9 cm³/mol. The van der Waals surface area contributed by atoms with Gasteiger partial charge in [0.1, 0.15) is 18.0 Å². The van der Waals surface area contributed by atoms with Crippen molar-refractivity contribution in [3.63, 3.8) is 0 Å². The Labute approximate surface area is 110 Å². The topological polar surface area (TPSA) is 58.3 Å². The molecular formula is C13H25N5. The molecule has 0 amide bonds. The number of likely N-dealkylation sites (N-methyl/N-ethyl adjacent to an activating group) is 2. The smallest absolute Gasteiger partial charge is 0.137 e. The van der Waals surface area contributed by atoms with Crippen molar-refractivity contribution < 1.29 is 0 Å².